The van der Waals surface area contributed by atoms with Gasteiger partial charge in [-0.3, -0.25) is 0 Å². The van der Waals surface area contributed by atoms with Gasteiger partial charge in [0, 0.05) is 26.9 Å². The number of hydrogen-bond acceptors (Lipinski definition) is 3. The van der Waals surface area contributed by atoms with Crippen molar-refractivity contribution in [1.82, 2.24) is 0 Å². The zero-order valence-electron chi connectivity index (χ0n) is 10.5. The Balaban J connectivity index is 2.30. The second kappa shape index (κ2) is 4.26. The van der Waals surface area contributed by atoms with E-state index in [1.807, 2.05) is 0 Å². The predicted octanol–water partition coefficient (Wildman–Crippen LogP) is 2.61. The minimum absolute atomic E-state index is 0.207. The highest BCUT2D eigenvalue weighted by Gasteiger charge is 2.63. The van der Waals surface area contributed by atoms with Crippen LogP contribution >= 0.6 is 0 Å². The molecule has 3 nitrogen and oxygen atoms in total. The first-order valence-corrected chi connectivity index (χ1v) is 7.75. The van der Waals surface area contributed by atoms with Crippen LogP contribution in [0, 0.1) is 11.3 Å². The Kier molecular flexibility index (Phi) is 3.27. The smallest absolute Gasteiger partial charge is 0.377 e. The maximum absolute atomic E-state index is 5.65. The van der Waals surface area contributed by atoms with E-state index >= 15 is 0 Å². The van der Waals surface area contributed by atoms with Crippen LogP contribution < -0.4 is 0 Å². The van der Waals surface area contributed by atoms with Gasteiger partial charge in [0.15, 0.2) is 0 Å². The molecule has 2 fully saturated rings. The highest BCUT2D eigenvalue weighted by atomic mass is 28.4. The molecule has 2 aliphatic carbocycles. The van der Waals surface area contributed by atoms with Gasteiger partial charge in [0.2, 0.25) is 0 Å². The van der Waals surface area contributed by atoms with Gasteiger partial charge in [-0.05, 0) is 37.0 Å². The minimum atomic E-state index is -2.50. The molecule has 2 saturated carbocycles. The summed E-state index contributed by atoms with van der Waals surface area (Å²) in [6, 6.07) is 0. The molecule has 0 aliphatic heterocycles. The molecule has 0 aromatic heterocycles. The van der Waals surface area contributed by atoms with E-state index in [1.54, 1.807) is 21.3 Å². The van der Waals surface area contributed by atoms with Crippen molar-refractivity contribution < 1.29 is 13.3 Å². The van der Waals surface area contributed by atoms with E-state index in [1.165, 1.54) is 25.7 Å². The fourth-order valence-electron chi connectivity index (χ4n) is 3.80. The molecule has 0 aromatic rings. The fraction of sp³-hybridized carbons (Fsp3) is 0.833. The number of hydrogen-bond donors (Lipinski definition) is 0. The van der Waals surface area contributed by atoms with E-state index in [9.17, 15) is 0 Å². The summed E-state index contributed by atoms with van der Waals surface area (Å²) in [5.41, 5.74) is 0.607. The van der Waals surface area contributed by atoms with Gasteiger partial charge >= 0.3 is 8.80 Å². The van der Waals surface area contributed by atoms with Crippen molar-refractivity contribution in [3.05, 3.63) is 12.7 Å². The summed E-state index contributed by atoms with van der Waals surface area (Å²) in [7, 11) is 2.63. The summed E-state index contributed by atoms with van der Waals surface area (Å²) in [6.45, 7) is 4.03. The Morgan fingerprint density at radius 2 is 1.88 bits per heavy atom. The molecule has 92 valence electrons. The summed E-state index contributed by atoms with van der Waals surface area (Å²) in [4.78, 5) is 0. The lowest BCUT2D eigenvalue weighted by Gasteiger charge is -2.40. The van der Waals surface area contributed by atoms with Crippen molar-refractivity contribution in [2.45, 2.75) is 31.2 Å². The Labute approximate surface area is 99.1 Å². The Hall–Kier alpha value is -0.163. The number of rotatable bonds is 5. The van der Waals surface area contributed by atoms with Gasteiger partial charge in [-0.1, -0.05) is 6.08 Å². The molecule has 3 unspecified atom stereocenters. The molecule has 0 aromatic carbocycles. The third-order valence-electron chi connectivity index (χ3n) is 4.64. The van der Waals surface area contributed by atoms with Crippen molar-refractivity contribution in [3.8, 4) is 0 Å². The van der Waals surface area contributed by atoms with E-state index in [0.29, 0.717) is 5.54 Å². The van der Waals surface area contributed by atoms with Crippen LogP contribution in [0.1, 0.15) is 25.7 Å². The monoisotopic (exact) mass is 242 g/mol. The summed E-state index contributed by atoms with van der Waals surface area (Å²) < 4.78 is 16.9. The largest absolute Gasteiger partial charge is 0.504 e. The highest BCUT2D eigenvalue weighted by Crippen LogP contribution is 2.64. The zero-order valence-corrected chi connectivity index (χ0v) is 11.5. The van der Waals surface area contributed by atoms with Crippen LogP contribution in [-0.4, -0.2) is 30.1 Å². The predicted molar refractivity (Wildman–Crippen MR) is 65.1 cm³/mol. The lowest BCUT2D eigenvalue weighted by atomic mass is 9.84. The molecule has 0 amide bonds. The third kappa shape index (κ3) is 1.51. The summed E-state index contributed by atoms with van der Waals surface area (Å²) >= 11 is 0. The van der Waals surface area contributed by atoms with Crippen LogP contribution in [0.4, 0.5) is 0 Å². The minimum Gasteiger partial charge on any atom is -0.377 e. The molecule has 2 bridgehead atoms. The van der Waals surface area contributed by atoms with E-state index < -0.39 is 8.80 Å². The lowest BCUT2D eigenvalue weighted by molar-refractivity contribution is 0.0928. The van der Waals surface area contributed by atoms with Gasteiger partial charge in [-0.15, -0.1) is 6.58 Å². The van der Waals surface area contributed by atoms with Gasteiger partial charge in [0.1, 0.15) is 0 Å². The zero-order chi connectivity index (χ0) is 11.8. The van der Waals surface area contributed by atoms with Crippen molar-refractivity contribution >= 4 is 8.80 Å². The first-order chi connectivity index (χ1) is 7.66. The molecule has 2 rings (SSSR count). The van der Waals surface area contributed by atoms with Gasteiger partial charge in [-0.2, -0.15) is 0 Å². The Morgan fingerprint density at radius 3 is 2.31 bits per heavy atom. The quantitative estimate of drug-likeness (QED) is 0.548. The van der Waals surface area contributed by atoms with Crippen LogP contribution in [0.25, 0.3) is 0 Å². The Bertz CT molecular complexity index is 269. The molecule has 16 heavy (non-hydrogen) atoms. The molecular formula is C12H22O3Si. The van der Waals surface area contributed by atoms with E-state index in [0.717, 1.165) is 5.92 Å². The maximum Gasteiger partial charge on any atom is 0.504 e. The van der Waals surface area contributed by atoms with Crippen LogP contribution in [-0.2, 0) is 13.3 Å². The summed E-state index contributed by atoms with van der Waals surface area (Å²) in [5, 5.41) is 0. The summed E-state index contributed by atoms with van der Waals surface area (Å²) in [5.74, 6) is 0.815. The first-order valence-electron chi connectivity index (χ1n) is 5.95. The molecule has 4 heteroatoms. The lowest BCUT2D eigenvalue weighted by Crippen LogP contribution is -2.51. The topological polar surface area (TPSA) is 27.7 Å². The van der Waals surface area contributed by atoms with Crippen LogP contribution in [0.2, 0.25) is 5.54 Å². The fourth-order valence-corrected chi connectivity index (χ4v) is 6.86. The molecule has 2 aliphatic rings. The van der Waals surface area contributed by atoms with E-state index in [2.05, 4.69) is 12.7 Å². The normalized spacial score (nSPS) is 37.9. The molecule has 3 atom stereocenters. The van der Waals surface area contributed by atoms with Crippen LogP contribution in [0.3, 0.4) is 0 Å². The van der Waals surface area contributed by atoms with Crippen molar-refractivity contribution in [1.29, 1.82) is 0 Å². The van der Waals surface area contributed by atoms with Gasteiger partial charge in [0.05, 0.1) is 0 Å². The number of allylic oxidation sites excluding steroid dienone is 1. The summed E-state index contributed by atoms with van der Waals surface area (Å²) in [6.07, 6.45) is 7.09. The van der Waals surface area contributed by atoms with Crippen molar-refractivity contribution in [3.63, 3.8) is 0 Å². The SMILES string of the molecule is C=CC12CCC(CC1[Si](OC)(OC)OC)C2. The van der Waals surface area contributed by atoms with Gasteiger partial charge in [-0.25, -0.2) is 0 Å². The first kappa shape index (κ1) is 12.3. The molecule has 0 radical (unpaired) electrons. The average Bonchev–Trinajstić information content (AvgIpc) is 2.91. The molecular weight excluding hydrogens is 220 g/mol. The van der Waals surface area contributed by atoms with Crippen LogP contribution in [0.5, 0.6) is 0 Å². The number of fused-ring (bicyclic) bond motifs is 2. The second-order valence-electron chi connectivity index (χ2n) is 5.05. The molecule has 0 N–H and O–H groups in total. The molecule has 0 heterocycles. The highest BCUT2D eigenvalue weighted by molar-refractivity contribution is 6.62. The van der Waals surface area contributed by atoms with Crippen LogP contribution in [0.15, 0.2) is 12.7 Å². The van der Waals surface area contributed by atoms with Crippen molar-refractivity contribution in [2.75, 3.05) is 21.3 Å². The molecule has 0 saturated heterocycles. The van der Waals surface area contributed by atoms with E-state index in [-0.39, 0.29) is 5.41 Å². The maximum atomic E-state index is 5.65. The average molecular weight is 242 g/mol. The second-order valence-corrected chi connectivity index (χ2v) is 8.18. The Morgan fingerprint density at radius 1 is 1.25 bits per heavy atom. The van der Waals surface area contributed by atoms with Crippen molar-refractivity contribution in [2.24, 2.45) is 11.3 Å². The standard InChI is InChI=1S/C12H22O3Si/c1-5-12-7-6-10(9-12)8-11(12)16(13-2,14-3)15-4/h5,10-11H,1,6-9H2,2-4H3. The third-order valence-corrected chi connectivity index (χ3v) is 8.01. The molecule has 0 spiro atoms. The van der Waals surface area contributed by atoms with E-state index in [4.69, 9.17) is 13.3 Å². The van der Waals surface area contributed by atoms with Gasteiger partial charge in [0.25, 0.3) is 0 Å². The van der Waals surface area contributed by atoms with Gasteiger partial charge < -0.3 is 13.3 Å².